The van der Waals surface area contributed by atoms with Gasteiger partial charge in [-0.05, 0) is 107 Å². The third-order valence-corrected chi connectivity index (χ3v) is 12.2. The van der Waals surface area contributed by atoms with E-state index in [4.69, 9.17) is 30.5 Å². The standard InChI is InChI=1S/C23H20N8S.C13H12N4.C10H9ClN4S/c1-15-10-17(5-8-25-15)21-20(24-2)11-16(12-27-21)13-28-22-29-23(32-30-22)31-9-6-19-18(14-31)4-3-7-26-19;1-9-5-11(3-4-16-9)13-12(15-2)6-10(7-14)8-17-13;11-9-13-10(16-14-9)15-5-3-8-7(6-15)2-1-4-12-8/h3-5,7-8,10-12H,6,9,13-14H2,1H3,(H,28,30);3-6,8H,7,14H2,1H3;1-2,4H,3,5-6H2. The number of rotatable bonds is 8. The number of nitrogens with zero attached hydrogens (tertiary/aromatic N) is 14. The van der Waals surface area contributed by atoms with Crippen LogP contribution >= 0.6 is 34.7 Å². The molecular formula is C46H41ClN16S2. The molecule has 2 aliphatic heterocycles. The van der Waals surface area contributed by atoms with E-state index in [0.717, 1.165) is 82.9 Å². The number of hydrogen-bond donors (Lipinski definition) is 2. The Morgan fingerprint density at radius 1 is 0.677 bits per heavy atom. The molecule has 3 N–H and O–H groups in total. The van der Waals surface area contributed by atoms with Gasteiger partial charge in [0, 0.05) is 135 Å². The lowest BCUT2D eigenvalue weighted by Crippen LogP contribution is -2.30. The van der Waals surface area contributed by atoms with E-state index in [0.29, 0.717) is 47.1 Å². The van der Waals surface area contributed by atoms with E-state index in [1.807, 2.05) is 68.7 Å². The van der Waals surface area contributed by atoms with Crippen molar-refractivity contribution in [2.24, 2.45) is 5.73 Å². The molecule has 324 valence electrons. The van der Waals surface area contributed by atoms with Crippen molar-refractivity contribution in [1.82, 2.24) is 48.6 Å². The quantitative estimate of drug-likeness (QED) is 0.138. The van der Waals surface area contributed by atoms with Gasteiger partial charge in [-0.1, -0.05) is 12.1 Å². The van der Waals surface area contributed by atoms with Crippen LogP contribution in [0.3, 0.4) is 0 Å². The summed E-state index contributed by atoms with van der Waals surface area (Å²) in [5, 5.41) is 5.37. The molecule has 8 aromatic heterocycles. The fraction of sp³-hybridized carbons (Fsp3) is 0.217. The van der Waals surface area contributed by atoms with Gasteiger partial charge in [-0.25, -0.2) is 9.69 Å². The maximum absolute atomic E-state index is 7.57. The number of pyridine rings is 6. The Morgan fingerprint density at radius 2 is 1.22 bits per heavy atom. The highest BCUT2D eigenvalue weighted by Crippen LogP contribution is 2.32. The van der Waals surface area contributed by atoms with Gasteiger partial charge in [-0.2, -0.15) is 18.7 Å². The molecule has 0 radical (unpaired) electrons. The number of fused-ring (bicyclic) bond motifs is 2. The first-order valence-corrected chi connectivity index (χ1v) is 22.4. The number of anilines is 3. The molecule has 0 atom stereocenters. The van der Waals surface area contributed by atoms with Gasteiger partial charge in [-0.15, -0.1) is 0 Å². The van der Waals surface area contributed by atoms with E-state index in [1.165, 1.54) is 45.6 Å². The molecule has 0 bridgehead atoms. The summed E-state index contributed by atoms with van der Waals surface area (Å²) >= 11 is 8.46. The third-order valence-electron chi connectivity index (χ3n) is 10.4. The van der Waals surface area contributed by atoms with E-state index in [2.05, 4.69) is 85.6 Å². The van der Waals surface area contributed by atoms with Gasteiger partial charge in [0.15, 0.2) is 0 Å². The number of hydrogen-bond acceptors (Lipinski definition) is 16. The molecule has 8 aromatic rings. The molecule has 0 unspecified atom stereocenters. The van der Waals surface area contributed by atoms with Gasteiger partial charge < -0.3 is 20.9 Å². The lowest BCUT2D eigenvalue weighted by molar-refractivity contribution is 0.710. The minimum Gasteiger partial charge on any atom is -0.349 e. The van der Waals surface area contributed by atoms with Crippen LogP contribution in [0.1, 0.15) is 45.0 Å². The minimum atomic E-state index is 0.331. The zero-order valence-corrected chi connectivity index (χ0v) is 37.8. The largest absolute Gasteiger partial charge is 0.349 e. The molecule has 0 saturated heterocycles. The van der Waals surface area contributed by atoms with Crippen molar-refractivity contribution in [1.29, 1.82) is 0 Å². The van der Waals surface area contributed by atoms with Crippen LogP contribution < -0.4 is 20.9 Å². The number of aromatic nitrogens is 10. The van der Waals surface area contributed by atoms with E-state index >= 15 is 0 Å². The first-order chi connectivity index (χ1) is 31.8. The summed E-state index contributed by atoms with van der Waals surface area (Å²) in [6.45, 7) is 22.9. The molecule has 0 spiro atoms. The Balaban J connectivity index is 0.000000147. The maximum atomic E-state index is 7.57. The number of halogens is 1. The van der Waals surface area contributed by atoms with Crippen LogP contribution in [0.15, 0.2) is 97.8 Å². The van der Waals surface area contributed by atoms with Crippen molar-refractivity contribution in [2.75, 3.05) is 28.2 Å². The van der Waals surface area contributed by atoms with Crippen LogP contribution in [0.5, 0.6) is 0 Å². The molecular weight excluding hydrogens is 876 g/mol. The Bertz CT molecular complexity index is 3010. The third kappa shape index (κ3) is 11.1. The van der Waals surface area contributed by atoms with Crippen LogP contribution in [0, 0.1) is 27.0 Å². The predicted molar refractivity (Wildman–Crippen MR) is 255 cm³/mol. The van der Waals surface area contributed by atoms with E-state index in [1.54, 1.807) is 30.9 Å². The van der Waals surface area contributed by atoms with Crippen LogP contribution in [-0.2, 0) is 39.0 Å². The zero-order chi connectivity index (χ0) is 45.1. The highest BCUT2D eigenvalue weighted by molar-refractivity contribution is 7.10. The predicted octanol–water partition coefficient (Wildman–Crippen LogP) is 9.03. The van der Waals surface area contributed by atoms with E-state index in [9.17, 15) is 0 Å². The summed E-state index contributed by atoms with van der Waals surface area (Å²) in [7, 11) is 0. The SMILES string of the molecule is Clc1nsc(N2CCc3ncccc3C2)n1.[C-]#[N+]c1cc(CN)cnc1-c1ccnc(C)c1.[C-]#[N+]c1cc(CNc2nsc(N3CCc4ncccc4C3)n2)cnc1-c1ccnc(C)c1. The topological polar surface area (TPSA) is 182 Å². The smallest absolute Gasteiger partial charge is 0.236 e. The van der Waals surface area contributed by atoms with Crippen molar-refractivity contribution in [2.45, 2.75) is 52.9 Å². The second-order valence-electron chi connectivity index (χ2n) is 14.9. The molecule has 0 saturated carbocycles. The Kier molecular flexibility index (Phi) is 14.2. The van der Waals surface area contributed by atoms with Crippen LogP contribution in [-0.4, -0.2) is 61.7 Å². The van der Waals surface area contributed by atoms with Crippen LogP contribution in [0.2, 0.25) is 5.28 Å². The minimum absolute atomic E-state index is 0.331. The highest BCUT2D eigenvalue weighted by Gasteiger charge is 2.21. The average molecular weight is 918 g/mol. The lowest BCUT2D eigenvalue weighted by Gasteiger charge is -2.27. The summed E-state index contributed by atoms with van der Waals surface area (Å²) in [6, 6.07) is 19.4. The van der Waals surface area contributed by atoms with Gasteiger partial charge in [0.25, 0.3) is 0 Å². The van der Waals surface area contributed by atoms with Gasteiger partial charge in [0.05, 0.1) is 24.5 Å². The summed E-state index contributed by atoms with van der Waals surface area (Å²) in [5.74, 6) is 0.584. The fourth-order valence-electron chi connectivity index (χ4n) is 7.18. The van der Waals surface area contributed by atoms with Crippen molar-refractivity contribution in [3.05, 3.63) is 171 Å². The van der Waals surface area contributed by atoms with Crippen molar-refractivity contribution in [3.63, 3.8) is 0 Å². The number of nitrogens with two attached hydrogens (primary N) is 1. The molecule has 0 aliphatic carbocycles. The molecule has 10 rings (SSSR count). The summed E-state index contributed by atoms with van der Waals surface area (Å²) in [4.78, 5) is 46.4. The van der Waals surface area contributed by atoms with Crippen molar-refractivity contribution in [3.8, 4) is 22.5 Å². The molecule has 0 aromatic carbocycles. The Morgan fingerprint density at radius 3 is 1.74 bits per heavy atom. The van der Waals surface area contributed by atoms with Crippen molar-refractivity contribution < 1.29 is 0 Å². The van der Waals surface area contributed by atoms with Gasteiger partial charge in [0.1, 0.15) is 0 Å². The first-order valence-electron chi connectivity index (χ1n) is 20.5. The average Bonchev–Trinajstić information content (AvgIpc) is 4.02. The van der Waals surface area contributed by atoms with Gasteiger partial charge in [0.2, 0.25) is 32.9 Å². The monoisotopic (exact) mass is 916 g/mol. The molecule has 65 heavy (non-hydrogen) atoms. The normalized spacial score (nSPS) is 12.6. The van der Waals surface area contributed by atoms with E-state index < -0.39 is 0 Å². The van der Waals surface area contributed by atoms with Crippen molar-refractivity contribution >= 4 is 62.3 Å². The summed E-state index contributed by atoms with van der Waals surface area (Å²) < 4.78 is 8.44. The Labute approximate surface area is 389 Å². The highest BCUT2D eigenvalue weighted by atomic mass is 35.5. The summed E-state index contributed by atoms with van der Waals surface area (Å²) in [6.07, 6.45) is 12.5. The molecule has 0 fully saturated rings. The lowest BCUT2D eigenvalue weighted by atomic mass is 10.1. The van der Waals surface area contributed by atoms with Gasteiger partial charge >= 0.3 is 0 Å². The first kappa shape index (κ1) is 44.3. The number of aryl methyl sites for hydroxylation is 2. The van der Waals surface area contributed by atoms with Gasteiger partial charge in [-0.3, -0.25) is 29.9 Å². The zero-order valence-electron chi connectivity index (χ0n) is 35.4. The molecule has 10 heterocycles. The second-order valence-corrected chi connectivity index (χ2v) is 16.7. The maximum Gasteiger partial charge on any atom is 0.236 e. The van der Waals surface area contributed by atoms with Crippen LogP contribution in [0.4, 0.5) is 27.6 Å². The summed E-state index contributed by atoms with van der Waals surface area (Å²) in [5.41, 5.74) is 18.2. The fourth-order valence-corrected chi connectivity index (χ4v) is 8.68. The Hall–Kier alpha value is -7.35. The molecule has 19 heteroatoms. The second kappa shape index (κ2) is 20.9. The van der Waals surface area contributed by atoms with E-state index in [-0.39, 0.29) is 0 Å². The molecule has 2 aliphatic rings. The molecule has 0 amide bonds. The number of nitrogens with one attached hydrogen (secondary N) is 1. The van der Waals surface area contributed by atoms with Crippen LogP contribution in [0.25, 0.3) is 32.2 Å². The molecule has 16 nitrogen and oxygen atoms in total.